The van der Waals surface area contributed by atoms with Crippen molar-refractivity contribution in [2.45, 2.75) is 31.7 Å². The van der Waals surface area contributed by atoms with Gasteiger partial charge in [0.1, 0.15) is 0 Å². The Hall–Kier alpha value is -0.510. The van der Waals surface area contributed by atoms with Gasteiger partial charge in [-0.15, -0.1) is 24.0 Å². The highest BCUT2D eigenvalue weighted by Crippen LogP contribution is 2.29. The molecule has 0 bridgehead atoms. The van der Waals surface area contributed by atoms with E-state index < -0.39 is 0 Å². The molecule has 0 spiro atoms. The molecule has 0 amide bonds. The first-order valence-electron chi connectivity index (χ1n) is 9.53. The highest BCUT2D eigenvalue weighted by Gasteiger charge is 2.28. The number of nitrogens with one attached hydrogen (secondary N) is 1. The van der Waals surface area contributed by atoms with E-state index in [1.54, 1.807) is 0 Å². The number of thioether (sulfide) groups is 1. The molecule has 27 heavy (non-hydrogen) atoms. The number of nitrogens with zero attached hydrogens (tertiary/aromatic N) is 3. The van der Waals surface area contributed by atoms with Gasteiger partial charge in [-0.25, -0.2) is 0 Å². The zero-order valence-corrected chi connectivity index (χ0v) is 19.9. The fourth-order valence-corrected chi connectivity index (χ4v) is 4.68. The normalized spacial score (nSPS) is 20.9. The largest absolute Gasteiger partial charge is 0.379 e. The van der Waals surface area contributed by atoms with Crippen LogP contribution in [-0.4, -0.2) is 72.7 Å². The van der Waals surface area contributed by atoms with Crippen molar-refractivity contribution >= 4 is 41.7 Å². The second kappa shape index (κ2) is 10.9. The quantitative estimate of drug-likeness (QED) is 0.388. The summed E-state index contributed by atoms with van der Waals surface area (Å²) >= 11 is 2.05. The van der Waals surface area contributed by atoms with Gasteiger partial charge in [0.05, 0.1) is 13.2 Å². The molecule has 0 radical (unpaired) electrons. The van der Waals surface area contributed by atoms with Crippen LogP contribution in [0.4, 0.5) is 0 Å². The molecule has 2 fully saturated rings. The molecule has 152 valence electrons. The van der Waals surface area contributed by atoms with Gasteiger partial charge >= 0.3 is 0 Å². The summed E-state index contributed by atoms with van der Waals surface area (Å²) in [5.74, 6) is 2.17. The monoisotopic (exact) mass is 504 g/mol. The number of hydrogen-bond donors (Lipinski definition) is 1. The van der Waals surface area contributed by atoms with Crippen LogP contribution in [0.1, 0.15) is 25.0 Å². The summed E-state index contributed by atoms with van der Waals surface area (Å²) in [5.41, 5.74) is 2.68. The zero-order valence-electron chi connectivity index (χ0n) is 16.7. The Bertz CT molecular complexity index is 620. The summed E-state index contributed by atoms with van der Waals surface area (Å²) in [6.45, 7) is 12.3. The van der Waals surface area contributed by atoms with E-state index in [1.165, 1.54) is 11.1 Å². The first kappa shape index (κ1) is 22.8. The Morgan fingerprint density at radius 1 is 1.22 bits per heavy atom. The maximum absolute atomic E-state index is 5.44. The first-order valence-corrected chi connectivity index (χ1v) is 10.5. The number of hydrogen-bond acceptors (Lipinski definition) is 4. The van der Waals surface area contributed by atoms with Crippen molar-refractivity contribution in [1.29, 1.82) is 0 Å². The predicted molar refractivity (Wildman–Crippen MR) is 126 cm³/mol. The molecule has 0 atom stereocenters. The molecule has 0 unspecified atom stereocenters. The Morgan fingerprint density at radius 2 is 1.96 bits per heavy atom. The van der Waals surface area contributed by atoms with E-state index in [0.717, 1.165) is 64.2 Å². The second-order valence-electron chi connectivity index (χ2n) is 7.64. The number of morpholine rings is 1. The molecule has 0 saturated carbocycles. The van der Waals surface area contributed by atoms with Crippen molar-refractivity contribution in [2.24, 2.45) is 4.99 Å². The Labute approximate surface area is 185 Å². The summed E-state index contributed by atoms with van der Waals surface area (Å²) in [7, 11) is 1.88. The lowest BCUT2D eigenvalue weighted by atomic mass is 10.1. The maximum atomic E-state index is 5.44. The van der Waals surface area contributed by atoms with Crippen molar-refractivity contribution in [3.05, 3.63) is 35.4 Å². The molecule has 7 heteroatoms. The molecule has 3 rings (SSSR count). The lowest BCUT2D eigenvalue weighted by molar-refractivity contribution is 0.0342. The van der Waals surface area contributed by atoms with Gasteiger partial charge in [0, 0.05) is 56.8 Å². The van der Waals surface area contributed by atoms with E-state index in [0.29, 0.717) is 0 Å². The minimum absolute atomic E-state index is 0. The molecule has 0 aromatic heterocycles. The Balaban J connectivity index is 0.00000261. The van der Waals surface area contributed by atoms with Crippen LogP contribution in [0.25, 0.3) is 0 Å². The Morgan fingerprint density at radius 3 is 2.67 bits per heavy atom. The predicted octanol–water partition coefficient (Wildman–Crippen LogP) is 3.04. The molecule has 2 aliphatic heterocycles. The maximum Gasteiger partial charge on any atom is 0.193 e. The SMILES string of the molecule is CN=C(NCc1cccc(CN2CCOCC2)c1)N1CCSC(C)(C)C1.I. The molecule has 1 N–H and O–H groups in total. The number of benzene rings is 1. The number of guanidine groups is 1. The van der Waals surface area contributed by atoms with E-state index in [2.05, 4.69) is 58.2 Å². The van der Waals surface area contributed by atoms with Crippen molar-refractivity contribution in [3.63, 3.8) is 0 Å². The van der Waals surface area contributed by atoms with Crippen LogP contribution in [0.3, 0.4) is 0 Å². The third-order valence-electron chi connectivity index (χ3n) is 4.89. The Kier molecular flexibility index (Phi) is 9.18. The highest BCUT2D eigenvalue weighted by molar-refractivity contribution is 14.0. The van der Waals surface area contributed by atoms with Crippen molar-refractivity contribution in [1.82, 2.24) is 15.1 Å². The van der Waals surface area contributed by atoms with Gasteiger partial charge in [-0.05, 0) is 25.0 Å². The zero-order chi connectivity index (χ0) is 18.4. The highest BCUT2D eigenvalue weighted by atomic mass is 127. The van der Waals surface area contributed by atoms with Gasteiger partial charge in [-0.3, -0.25) is 9.89 Å². The molecule has 2 saturated heterocycles. The molecule has 0 aliphatic carbocycles. The minimum atomic E-state index is 0. The number of ether oxygens (including phenoxy) is 1. The van der Waals surface area contributed by atoms with Crippen LogP contribution in [0.15, 0.2) is 29.3 Å². The van der Waals surface area contributed by atoms with Crippen molar-refractivity contribution < 1.29 is 4.74 Å². The minimum Gasteiger partial charge on any atom is -0.379 e. The van der Waals surface area contributed by atoms with Crippen LogP contribution >= 0.6 is 35.7 Å². The smallest absolute Gasteiger partial charge is 0.193 e. The van der Waals surface area contributed by atoms with Gasteiger partial charge in [0.2, 0.25) is 0 Å². The van der Waals surface area contributed by atoms with E-state index in [9.17, 15) is 0 Å². The average molecular weight is 504 g/mol. The summed E-state index contributed by atoms with van der Waals surface area (Å²) < 4.78 is 5.73. The first-order chi connectivity index (χ1) is 12.6. The molecule has 2 heterocycles. The van der Waals surface area contributed by atoms with E-state index in [1.807, 2.05) is 18.8 Å². The van der Waals surface area contributed by atoms with Crippen LogP contribution < -0.4 is 5.32 Å². The summed E-state index contributed by atoms with van der Waals surface area (Å²) in [6, 6.07) is 8.89. The standard InChI is InChI=1S/C20H32N4OS.HI/c1-20(2)16-24(9-12-26-20)19(21-3)22-14-17-5-4-6-18(13-17)15-23-7-10-25-11-8-23;/h4-6,13H,7-12,14-16H2,1-3H3,(H,21,22);1H. The second-order valence-corrected chi connectivity index (χ2v) is 9.44. The van der Waals surface area contributed by atoms with Crippen LogP contribution in [-0.2, 0) is 17.8 Å². The van der Waals surface area contributed by atoms with Gasteiger partial charge in [-0.2, -0.15) is 11.8 Å². The van der Waals surface area contributed by atoms with Gasteiger partial charge < -0.3 is 15.0 Å². The van der Waals surface area contributed by atoms with Crippen LogP contribution in [0.2, 0.25) is 0 Å². The molecule has 1 aromatic carbocycles. The van der Waals surface area contributed by atoms with Gasteiger partial charge in [-0.1, -0.05) is 24.3 Å². The molecule has 1 aromatic rings. The van der Waals surface area contributed by atoms with E-state index in [4.69, 9.17) is 4.74 Å². The molecule has 5 nitrogen and oxygen atoms in total. The third-order valence-corrected chi connectivity index (χ3v) is 6.19. The average Bonchev–Trinajstić information content (AvgIpc) is 2.63. The van der Waals surface area contributed by atoms with Gasteiger partial charge in [0.25, 0.3) is 0 Å². The summed E-state index contributed by atoms with van der Waals surface area (Å²) in [6.07, 6.45) is 0. The molecular formula is C20H33IN4OS. The topological polar surface area (TPSA) is 40.1 Å². The lowest BCUT2D eigenvalue weighted by Gasteiger charge is -2.39. The molecular weight excluding hydrogens is 471 g/mol. The van der Waals surface area contributed by atoms with Gasteiger partial charge in [0.15, 0.2) is 5.96 Å². The number of halogens is 1. The summed E-state index contributed by atoms with van der Waals surface area (Å²) in [5, 5.41) is 3.56. The lowest BCUT2D eigenvalue weighted by Crippen LogP contribution is -2.50. The third kappa shape index (κ3) is 7.11. The van der Waals surface area contributed by atoms with E-state index in [-0.39, 0.29) is 28.7 Å². The number of rotatable bonds is 4. The fourth-order valence-electron chi connectivity index (χ4n) is 3.57. The van der Waals surface area contributed by atoms with Crippen LogP contribution in [0, 0.1) is 0 Å². The van der Waals surface area contributed by atoms with Crippen molar-refractivity contribution in [3.8, 4) is 0 Å². The fraction of sp³-hybridized carbons (Fsp3) is 0.650. The van der Waals surface area contributed by atoms with Crippen LogP contribution in [0.5, 0.6) is 0 Å². The summed E-state index contributed by atoms with van der Waals surface area (Å²) in [4.78, 5) is 9.35. The molecule has 2 aliphatic rings. The number of aliphatic imine (C=N–C) groups is 1. The van der Waals surface area contributed by atoms with Crippen molar-refractivity contribution in [2.75, 3.05) is 52.2 Å². The van der Waals surface area contributed by atoms with E-state index >= 15 is 0 Å².